The molecule has 0 aliphatic heterocycles. The third-order valence-electron chi connectivity index (χ3n) is 0.213. The maximum atomic E-state index is 9.63. The Morgan fingerprint density at radius 2 is 1.00 bits per heavy atom. The van der Waals surface area contributed by atoms with Crippen LogP contribution in [0.3, 0.4) is 0 Å². The van der Waals surface area contributed by atoms with E-state index >= 15 is 0 Å². The van der Waals surface area contributed by atoms with Crippen molar-refractivity contribution in [2.24, 2.45) is 0 Å². The first-order chi connectivity index (χ1) is 3.71. The second kappa shape index (κ2) is 13.3. The maximum Gasteiger partial charge on any atom is 1.00 e. The minimum absolute atomic E-state index is 0. The molecule has 0 aliphatic carbocycles. The molecule has 4 N–H and O–H groups in total. The summed E-state index contributed by atoms with van der Waals surface area (Å²) < 4.78 is 22.2. The summed E-state index contributed by atoms with van der Waals surface area (Å²) in [7, 11) is -10.1. The zero-order valence-electron chi connectivity index (χ0n) is 11.9. The molecule has 0 bridgehead atoms. The van der Waals surface area contributed by atoms with E-state index in [9.17, 15) is 9.13 Å². The molecule has 0 unspecified atom stereocenters. The standard InChI is InChI=1S/K.3Na.H4O7P2.4H/c;;;;1-8(2,3)7-9(4,5)6;;;;/h;;;;(H2,1,2,3)(H2,4,5,6);;;;/q4*+1;;4*-1. The van der Waals surface area contributed by atoms with Gasteiger partial charge in [0.05, 0.1) is 0 Å². The van der Waals surface area contributed by atoms with Gasteiger partial charge in [-0.2, -0.15) is 4.31 Å². The van der Waals surface area contributed by atoms with Crippen molar-refractivity contribution in [3.8, 4) is 0 Å². The zero-order valence-corrected chi connectivity index (χ0v) is 18.8. The zero-order chi connectivity index (χ0) is 7.71. The van der Waals surface area contributed by atoms with Crippen LogP contribution in [0.5, 0.6) is 0 Å². The van der Waals surface area contributed by atoms with Crippen molar-refractivity contribution >= 4 is 15.6 Å². The first-order valence-electron chi connectivity index (χ1n) is 1.53. The number of hydrogen-bond acceptors (Lipinski definition) is 3. The summed E-state index contributed by atoms with van der Waals surface area (Å²) in [6.07, 6.45) is 0. The third-order valence-corrected chi connectivity index (χ3v) is 1.91. The Morgan fingerprint density at radius 1 is 0.846 bits per heavy atom. The van der Waals surface area contributed by atoms with E-state index in [2.05, 4.69) is 4.31 Å². The van der Waals surface area contributed by atoms with Crippen LogP contribution in [0.4, 0.5) is 0 Å². The smallest absolute Gasteiger partial charge is 1.00 e. The molecule has 0 atom stereocenters. The average molecular weight is 290 g/mol. The fourth-order valence-electron chi connectivity index (χ4n) is 0.139. The van der Waals surface area contributed by atoms with Crippen molar-refractivity contribution in [1.29, 1.82) is 0 Å². The Hall–Kier alpha value is 4.90. The van der Waals surface area contributed by atoms with Gasteiger partial charge in [-0.15, -0.1) is 0 Å². The molecule has 13 heavy (non-hydrogen) atoms. The first-order valence-corrected chi connectivity index (χ1v) is 4.59. The molecule has 0 amide bonds. The molecular weight excluding hydrogens is 282 g/mol. The van der Waals surface area contributed by atoms with Gasteiger partial charge in [-0.3, -0.25) is 0 Å². The predicted molar refractivity (Wildman–Crippen MR) is 29.6 cm³/mol. The molecule has 64 valence electrons. The molecule has 0 saturated carbocycles. The Balaban J connectivity index is -0.0000000114. The Kier molecular flexibility index (Phi) is 31.5. The van der Waals surface area contributed by atoms with Crippen molar-refractivity contribution in [3.05, 3.63) is 0 Å². The summed E-state index contributed by atoms with van der Waals surface area (Å²) in [4.78, 5) is 31.0. The minimum Gasteiger partial charge on any atom is -1.00 e. The molecule has 0 rings (SSSR count). The van der Waals surface area contributed by atoms with E-state index in [4.69, 9.17) is 19.6 Å². The maximum absolute atomic E-state index is 9.63. The number of phosphoric acid groups is 2. The summed E-state index contributed by atoms with van der Waals surface area (Å²) in [5.41, 5.74) is 0. The van der Waals surface area contributed by atoms with Crippen LogP contribution in [0, 0.1) is 0 Å². The topological polar surface area (TPSA) is 124 Å². The largest absolute Gasteiger partial charge is 1.00 e. The summed E-state index contributed by atoms with van der Waals surface area (Å²) in [5, 5.41) is 0. The molecule has 0 aromatic heterocycles. The van der Waals surface area contributed by atoms with Crippen molar-refractivity contribution in [1.82, 2.24) is 0 Å². The molecule has 0 heterocycles. The molecule has 7 nitrogen and oxygen atoms in total. The molecule has 0 spiro atoms. The minimum atomic E-state index is -5.05. The van der Waals surface area contributed by atoms with Crippen molar-refractivity contribution in [2.45, 2.75) is 0 Å². The van der Waals surface area contributed by atoms with Crippen molar-refractivity contribution < 1.29 is 179 Å². The van der Waals surface area contributed by atoms with Crippen LogP contribution >= 0.6 is 15.6 Å². The molecule has 0 fully saturated rings. The first kappa shape index (κ1) is 30.7. The molecule has 0 aromatic carbocycles. The predicted octanol–water partition coefficient (Wildman–Crippen LogP) is -12.3. The molecule has 0 saturated heterocycles. The van der Waals surface area contributed by atoms with Gasteiger partial charge in [-0.25, -0.2) is 9.13 Å². The van der Waals surface area contributed by atoms with Gasteiger partial charge in [-0.05, 0) is 0 Å². The Morgan fingerprint density at radius 3 is 1.00 bits per heavy atom. The van der Waals surface area contributed by atoms with Crippen LogP contribution in [0.25, 0.3) is 0 Å². The Bertz CT molecular complexity index is 176. The quantitative estimate of drug-likeness (QED) is 0.294. The number of hydrogen-bond donors (Lipinski definition) is 4. The van der Waals surface area contributed by atoms with Gasteiger partial charge in [0.1, 0.15) is 0 Å². The fourth-order valence-corrected chi connectivity index (χ4v) is 1.25. The van der Waals surface area contributed by atoms with Crippen LogP contribution < -0.4 is 140 Å². The summed E-state index contributed by atoms with van der Waals surface area (Å²) in [6.45, 7) is 0. The normalized spacial score (nSPS) is 9.54. The second-order valence-electron chi connectivity index (χ2n) is 1.06. The summed E-state index contributed by atoms with van der Waals surface area (Å²) in [6, 6.07) is 0. The molecule has 0 aliphatic rings. The van der Waals surface area contributed by atoms with Crippen LogP contribution in [0.2, 0.25) is 0 Å². The fraction of sp³-hybridized carbons (Fsp3) is 0. The van der Waals surface area contributed by atoms with Crippen LogP contribution in [0.1, 0.15) is 5.71 Å². The van der Waals surface area contributed by atoms with E-state index in [0.29, 0.717) is 0 Å². The van der Waals surface area contributed by atoms with Crippen molar-refractivity contribution in [2.75, 3.05) is 0 Å². The van der Waals surface area contributed by atoms with Gasteiger partial charge < -0.3 is 25.3 Å². The van der Waals surface area contributed by atoms with E-state index in [1.54, 1.807) is 0 Å². The van der Waals surface area contributed by atoms with Gasteiger partial charge in [-0.1, -0.05) is 0 Å². The van der Waals surface area contributed by atoms with Gasteiger partial charge in [0.15, 0.2) is 0 Å². The Labute approximate surface area is 190 Å². The van der Waals surface area contributed by atoms with E-state index in [-0.39, 0.29) is 146 Å². The van der Waals surface area contributed by atoms with E-state index in [0.717, 1.165) is 0 Å². The van der Waals surface area contributed by atoms with Gasteiger partial charge in [0, 0.05) is 0 Å². The van der Waals surface area contributed by atoms with Gasteiger partial charge in [0.2, 0.25) is 0 Å². The van der Waals surface area contributed by atoms with E-state index in [1.807, 2.05) is 0 Å². The summed E-state index contributed by atoms with van der Waals surface area (Å²) in [5.74, 6) is 0. The van der Waals surface area contributed by atoms with Crippen LogP contribution in [0.15, 0.2) is 0 Å². The number of rotatable bonds is 2. The average Bonchev–Trinajstić information content (AvgIpc) is 1.14. The van der Waals surface area contributed by atoms with E-state index in [1.165, 1.54) is 0 Å². The van der Waals surface area contributed by atoms with Crippen LogP contribution in [-0.2, 0) is 13.4 Å². The van der Waals surface area contributed by atoms with E-state index < -0.39 is 15.6 Å². The molecule has 0 aromatic rings. The SMILES string of the molecule is O=P(O)(O)OP(=O)(O)O.[H-].[H-].[H-].[H-].[K+].[Na+].[Na+].[Na+]. The van der Waals surface area contributed by atoms with Crippen LogP contribution in [-0.4, -0.2) is 19.6 Å². The third kappa shape index (κ3) is 31.6. The monoisotopic (exact) mass is 290 g/mol. The molecule has 0 radical (unpaired) electrons. The molecule has 13 heteroatoms. The summed E-state index contributed by atoms with van der Waals surface area (Å²) >= 11 is 0. The van der Waals surface area contributed by atoms with Gasteiger partial charge >= 0.3 is 156 Å². The van der Waals surface area contributed by atoms with Crippen molar-refractivity contribution in [3.63, 3.8) is 0 Å². The molecular formula is H8KNa3O7P2. The van der Waals surface area contributed by atoms with Gasteiger partial charge in [0.25, 0.3) is 0 Å². The second-order valence-corrected chi connectivity index (χ2v) is 3.68.